The van der Waals surface area contributed by atoms with Gasteiger partial charge in [0.1, 0.15) is 5.69 Å². The summed E-state index contributed by atoms with van der Waals surface area (Å²) in [6.45, 7) is 1.17. The average molecular weight is 460 g/mol. The van der Waals surface area contributed by atoms with Gasteiger partial charge in [-0.15, -0.1) is 0 Å². The van der Waals surface area contributed by atoms with E-state index in [0.29, 0.717) is 23.6 Å². The number of aromatic nitrogens is 2. The Labute approximate surface area is 186 Å². The van der Waals surface area contributed by atoms with Crippen LogP contribution < -0.4 is 0 Å². The fourth-order valence-corrected chi connectivity index (χ4v) is 3.88. The van der Waals surface area contributed by atoms with Crippen molar-refractivity contribution in [2.75, 3.05) is 26.2 Å². The molecule has 1 aromatic heterocycles. The summed E-state index contributed by atoms with van der Waals surface area (Å²) in [5.74, 6) is -0.581. The van der Waals surface area contributed by atoms with Gasteiger partial charge in [-0.2, -0.15) is 13.2 Å². The highest BCUT2D eigenvalue weighted by Crippen LogP contribution is 2.29. The molecule has 1 aliphatic rings. The molecule has 2 amide bonds. The lowest BCUT2D eigenvalue weighted by Crippen LogP contribution is -2.50. The molecule has 1 saturated heterocycles. The molecule has 10 heteroatoms. The van der Waals surface area contributed by atoms with Crippen LogP contribution in [-0.4, -0.2) is 57.3 Å². The number of benzene rings is 2. The summed E-state index contributed by atoms with van der Waals surface area (Å²) in [7, 11) is 0. The van der Waals surface area contributed by atoms with E-state index >= 15 is 0 Å². The number of carbonyl (C=O) groups is 2. The number of hydrogen-bond donors (Lipinski definition) is 1. The minimum atomic E-state index is -4.45. The van der Waals surface area contributed by atoms with Crippen molar-refractivity contribution in [1.29, 1.82) is 0 Å². The van der Waals surface area contributed by atoms with Gasteiger partial charge in [0, 0.05) is 43.6 Å². The van der Waals surface area contributed by atoms with E-state index in [1.165, 1.54) is 17.0 Å². The number of piperazine rings is 1. The normalized spacial score (nSPS) is 14.5. The van der Waals surface area contributed by atoms with Gasteiger partial charge in [-0.05, 0) is 48.6 Å². The van der Waals surface area contributed by atoms with E-state index in [-0.39, 0.29) is 30.5 Å². The fourth-order valence-electron chi connectivity index (χ4n) is 3.62. The van der Waals surface area contributed by atoms with Crippen LogP contribution in [0.4, 0.5) is 13.2 Å². The Morgan fingerprint density at radius 3 is 1.97 bits per heavy atom. The molecule has 1 aliphatic heterocycles. The number of amides is 2. The number of nitrogens with zero attached hydrogens (tertiary/aromatic N) is 3. The van der Waals surface area contributed by atoms with Crippen LogP contribution in [0.2, 0.25) is 0 Å². The van der Waals surface area contributed by atoms with E-state index in [2.05, 4.69) is 4.98 Å². The van der Waals surface area contributed by atoms with Crippen LogP contribution in [-0.2, 0) is 6.18 Å². The minimum Gasteiger partial charge on any atom is -0.336 e. The molecule has 1 fully saturated rings. The molecule has 0 unspecified atom stereocenters. The summed E-state index contributed by atoms with van der Waals surface area (Å²) in [5, 5.41) is 0. The highest BCUT2D eigenvalue weighted by atomic mass is 32.1. The number of para-hydroxylation sites is 1. The molecule has 3 aromatic rings. The highest BCUT2D eigenvalue weighted by molar-refractivity contribution is 7.71. The second-order valence-corrected chi connectivity index (χ2v) is 7.70. The van der Waals surface area contributed by atoms with Crippen LogP contribution in [0.1, 0.15) is 26.4 Å². The Bertz CT molecular complexity index is 1180. The molecule has 2 aromatic carbocycles. The maximum absolute atomic E-state index is 13.1. The molecule has 166 valence electrons. The maximum atomic E-state index is 13.1. The van der Waals surface area contributed by atoms with Gasteiger partial charge >= 0.3 is 6.18 Å². The first-order valence-electron chi connectivity index (χ1n) is 9.87. The summed E-state index contributed by atoms with van der Waals surface area (Å²) < 4.78 is 40.2. The number of nitrogens with one attached hydrogen (secondary N) is 1. The largest absolute Gasteiger partial charge is 0.416 e. The first-order valence-corrected chi connectivity index (χ1v) is 10.3. The summed E-state index contributed by atoms with van der Waals surface area (Å²) in [6, 6.07) is 13.4. The van der Waals surface area contributed by atoms with Crippen molar-refractivity contribution >= 4 is 24.0 Å². The third-order valence-electron chi connectivity index (χ3n) is 5.32. The molecular formula is C22H19F3N4O2S. The van der Waals surface area contributed by atoms with Gasteiger partial charge in [0.25, 0.3) is 11.8 Å². The Hall–Kier alpha value is -3.40. The Kier molecular flexibility index (Phi) is 5.88. The Morgan fingerprint density at radius 2 is 1.41 bits per heavy atom. The molecule has 0 atom stereocenters. The third kappa shape index (κ3) is 4.31. The van der Waals surface area contributed by atoms with Crippen molar-refractivity contribution in [1.82, 2.24) is 19.4 Å². The molecule has 6 nitrogen and oxygen atoms in total. The summed E-state index contributed by atoms with van der Waals surface area (Å²) in [4.78, 5) is 31.9. The summed E-state index contributed by atoms with van der Waals surface area (Å²) in [5.41, 5.74) is 0.534. The number of carbonyl (C=O) groups excluding carboxylic acids is 2. The Morgan fingerprint density at radius 1 is 0.844 bits per heavy atom. The monoisotopic (exact) mass is 460 g/mol. The number of alkyl halides is 3. The van der Waals surface area contributed by atoms with E-state index < -0.39 is 11.7 Å². The van der Waals surface area contributed by atoms with Crippen molar-refractivity contribution in [2.45, 2.75) is 6.18 Å². The fraction of sp³-hybridized carbons (Fsp3) is 0.227. The van der Waals surface area contributed by atoms with E-state index in [9.17, 15) is 22.8 Å². The first kappa shape index (κ1) is 21.8. The van der Waals surface area contributed by atoms with Gasteiger partial charge in [-0.1, -0.05) is 18.2 Å². The van der Waals surface area contributed by atoms with Crippen LogP contribution in [0.15, 0.2) is 60.8 Å². The predicted molar refractivity (Wildman–Crippen MR) is 114 cm³/mol. The van der Waals surface area contributed by atoms with E-state index in [4.69, 9.17) is 12.2 Å². The zero-order valence-corrected chi connectivity index (χ0v) is 17.6. The number of aromatic amines is 1. The van der Waals surface area contributed by atoms with Gasteiger partial charge in [0.05, 0.1) is 5.56 Å². The predicted octanol–water partition coefficient (Wildman–Crippen LogP) is 4.15. The van der Waals surface area contributed by atoms with E-state index in [1.807, 2.05) is 30.3 Å². The molecule has 0 spiro atoms. The minimum absolute atomic E-state index is 0.182. The Balaban J connectivity index is 1.44. The first-order chi connectivity index (χ1) is 15.3. The topological polar surface area (TPSA) is 61.3 Å². The lowest BCUT2D eigenvalue weighted by atomic mass is 10.1. The molecule has 0 radical (unpaired) electrons. The summed E-state index contributed by atoms with van der Waals surface area (Å²) in [6.07, 6.45) is -2.88. The van der Waals surface area contributed by atoms with Gasteiger partial charge in [0.2, 0.25) is 0 Å². The number of H-pyrrole nitrogens is 1. The van der Waals surface area contributed by atoms with Crippen molar-refractivity contribution in [2.24, 2.45) is 0 Å². The molecule has 2 heterocycles. The average Bonchev–Trinajstić information content (AvgIpc) is 3.19. The zero-order valence-electron chi connectivity index (χ0n) is 16.8. The standard InChI is InChI=1S/C22H19F3N4O2S/c23-22(24,25)16-8-6-15(7-9-16)19(30)27-10-12-28(13-11-27)20(31)18-14-26-21(32)29(18)17-4-2-1-3-5-17/h1-9,14H,10-13H2,(H,26,32). The maximum Gasteiger partial charge on any atom is 0.416 e. The number of halogens is 3. The summed E-state index contributed by atoms with van der Waals surface area (Å²) >= 11 is 5.33. The van der Waals surface area contributed by atoms with Crippen LogP contribution in [0.3, 0.4) is 0 Å². The molecule has 32 heavy (non-hydrogen) atoms. The quantitative estimate of drug-likeness (QED) is 0.598. The third-order valence-corrected chi connectivity index (χ3v) is 5.62. The molecular weight excluding hydrogens is 441 g/mol. The van der Waals surface area contributed by atoms with Crippen LogP contribution in [0.5, 0.6) is 0 Å². The second kappa shape index (κ2) is 8.62. The van der Waals surface area contributed by atoms with Gasteiger partial charge in [-0.3, -0.25) is 14.2 Å². The zero-order chi connectivity index (χ0) is 22.9. The van der Waals surface area contributed by atoms with Crippen LogP contribution >= 0.6 is 12.2 Å². The molecule has 0 saturated carbocycles. The number of rotatable bonds is 3. The van der Waals surface area contributed by atoms with Gasteiger partial charge in [-0.25, -0.2) is 0 Å². The van der Waals surface area contributed by atoms with Crippen LogP contribution in [0.25, 0.3) is 5.69 Å². The van der Waals surface area contributed by atoms with Gasteiger partial charge in [0.15, 0.2) is 4.77 Å². The van der Waals surface area contributed by atoms with Gasteiger partial charge < -0.3 is 14.8 Å². The molecule has 4 rings (SSSR count). The van der Waals surface area contributed by atoms with E-state index in [0.717, 1.165) is 17.8 Å². The molecule has 1 N–H and O–H groups in total. The SMILES string of the molecule is O=C(c1ccc(C(F)(F)F)cc1)N1CCN(C(=O)c2c[nH]c(=S)n2-c2ccccc2)CC1. The lowest BCUT2D eigenvalue weighted by molar-refractivity contribution is -0.137. The van der Waals surface area contributed by atoms with Crippen molar-refractivity contribution in [3.63, 3.8) is 0 Å². The lowest BCUT2D eigenvalue weighted by Gasteiger charge is -2.34. The molecule has 0 bridgehead atoms. The van der Waals surface area contributed by atoms with Crippen molar-refractivity contribution in [3.05, 3.63) is 82.4 Å². The van der Waals surface area contributed by atoms with Crippen LogP contribution in [0, 0.1) is 4.77 Å². The smallest absolute Gasteiger partial charge is 0.336 e. The number of hydrogen-bond acceptors (Lipinski definition) is 3. The number of imidazole rings is 1. The van der Waals surface area contributed by atoms with Crippen molar-refractivity contribution < 1.29 is 22.8 Å². The molecule has 0 aliphatic carbocycles. The van der Waals surface area contributed by atoms with E-state index in [1.54, 1.807) is 15.7 Å². The van der Waals surface area contributed by atoms with Crippen molar-refractivity contribution in [3.8, 4) is 5.69 Å². The second-order valence-electron chi connectivity index (χ2n) is 7.31. The highest BCUT2D eigenvalue weighted by Gasteiger charge is 2.31.